The zero-order valence-corrected chi connectivity index (χ0v) is 16.5. The van der Waals surface area contributed by atoms with E-state index < -0.39 is 0 Å². The van der Waals surface area contributed by atoms with Gasteiger partial charge in [0.05, 0.1) is 5.25 Å². The molecule has 0 aliphatic heterocycles. The van der Waals surface area contributed by atoms with E-state index in [0.717, 1.165) is 11.3 Å². The van der Waals surface area contributed by atoms with Crippen molar-refractivity contribution < 1.29 is 9.18 Å². The third kappa shape index (κ3) is 4.12. The van der Waals surface area contributed by atoms with Gasteiger partial charge in [0.2, 0.25) is 0 Å². The Morgan fingerprint density at radius 2 is 1.52 bits per heavy atom. The second-order valence-electron chi connectivity index (χ2n) is 6.47. The fraction of sp³-hybridized carbons (Fsp3) is 0.0870. The molecule has 3 aromatic carbocycles. The van der Waals surface area contributed by atoms with Crippen LogP contribution in [0.15, 0.2) is 90.1 Å². The van der Waals surface area contributed by atoms with E-state index in [1.165, 1.54) is 23.9 Å². The lowest BCUT2D eigenvalue weighted by molar-refractivity contribution is 0.0994. The van der Waals surface area contributed by atoms with Crippen molar-refractivity contribution in [3.8, 4) is 17.1 Å². The predicted molar refractivity (Wildman–Crippen MR) is 113 cm³/mol. The zero-order valence-electron chi connectivity index (χ0n) is 15.7. The van der Waals surface area contributed by atoms with Crippen molar-refractivity contribution in [2.75, 3.05) is 0 Å². The van der Waals surface area contributed by atoms with Gasteiger partial charge < -0.3 is 0 Å². The molecule has 1 unspecified atom stereocenters. The van der Waals surface area contributed by atoms with Crippen LogP contribution in [-0.4, -0.2) is 25.8 Å². The summed E-state index contributed by atoms with van der Waals surface area (Å²) in [5.41, 5.74) is 2.28. The average Bonchev–Trinajstić information content (AvgIpc) is 3.18. The monoisotopic (exact) mass is 403 g/mol. The molecule has 4 aromatic rings. The highest BCUT2D eigenvalue weighted by atomic mass is 32.2. The van der Waals surface area contributed by atoms with E-state index in [-0.39, 0.29) is 16.9 Å². The molecular weight excluding hydrogens is 385 g/mol. The number of hydrogen-bond acceptors (Lipinski definition) is 4. The number of hydrogen-bond donors (Lipinski definition) is 0. The highest BCUT2D eigenvalue weighted by Gasteiger charge is 2.22. The second kappa shape index (κ2) is 8.41. The molecule has 144 valence electrons. The molecule has 0 aliphatic carbocycles. The van der Waals surface area contributed by atoms with Gasteiger partial charge in [-0.05, 0) is 31.2 Å². The SMILES string of the molecule is CC(Sc1nnc(-c2ccccc2)n1-c1ccc(F)cc1)C(=O)c1ccccc1. The van der Waals surface area contributed by atoms with E-state index in [1.807, 2.05) is 60.0 Å². The van der Waals surface area contributed by atoms with E-state index in [2.05, 4.69) is 10.2 Å². The fourth-order valence-corrected chi connectivity index (χ4v) is 3.94. The third-order valence-electron chi connectivity index (χ3n) is 4.46. The fourth-order valence-electron chi connectivity index (χ4n) is 2.99. The Hall–Kier alpha value is -3.25. The van der Waals surface area contributed by atoms with Crippen molar-refractivity contribution in [3.05, 3.63) is 96.3 Å². The summed E-state index contributed by atoms with van der Waals surface area (Å²) < 4.78 is 15.3. The van der Waals surface area contributed by atoms with Crippen molar-refractivity contribution in [1.82, 2.24) is 14.8 Å². The van der Waals surface area contributed by atoms with Gasteiger partial charge in [-0.1, -0.05) is 72.4 Å². The van der Waals surface area contributed by atoms with Gasteiger partial charge in [-0.25, -0.2) is 4.39 Å². The van der Waals surface area contributed by atoms with Gasteiger partial charge in [0.15, 0.2) is 16.8 Å². The van der Waals surface area contributed by atoms with E-state index in [4.69, 9.17) is 0 Å². The van der Waals surface area contributed by atoms with E-state index >= 15 is 0 Å². The first kappa shape index (κ1) is 19.1. The minimum Gasteiger partial charge on any atom is -0.293 e. The molecule has 0 spiro atoms. The molecule has 0 saturated carbocycles. The molecule has 1 atom stereocenters. The molecule has 1 aromatic heterocycles. The summed E-state index contributed by atoms with van der Waals surface area (Å²) in [5.74, 6) is 0.342. The van der Waals surface area contributed by atoms with Gasteiger partial charge in [0, 0.05) is 16.8 Å². The molecule has 29 heavy (non-hydrogen) atoms. The number of thioether (sulfide) groups is 1. The summed E-state index contributed by atoms with van der Waals surface area (Å²) >= 11 is 1.33. The van der Waals surface area contributed by atoms with E-state index in [9.17, 15) is 9.18 Å². The zero-order chi connectivity index (χ0) is 20.2. The van der Waals surface area contributed by atoms with Crippen LogP contribution < -0.4 is 0 Å². The Kier molecular flexibility index (Phi) is 5.53. The largest absolute Gasteiger partial charge is 0.293 e. The maximum atomic E-state index is 13.5. The summed E-state index contributed by atoms with van der Waals surface area (Å²) in [6.07, 6.45) is 0. The molecule has 0 amide bonds. The van der Waals surface area contributed by atoms with Crippen molar-refractivity contribution >= 4 is 17.5 Å². The van der Waals surface area contributed by atoms with Crippen LogP contribution in [0.1, 0.15) is 17.3 Å². The summed E-state index contributed by atoms with van der Waals surface area (Å²) in [6, 6.07) is 25.0. The maximum Gasteiger partial charge on any atom is 0.196 e. The highest BCUT2D eigenvalue weighted by Crippen LogP contribution is 2.31. The molecule has 0 saturated heterocycles. The Bertz CT molecular complexity index is 1110. The van der Waals surface area contributed by atoms with Crippen LogP contribution in [0.4, 0.5) is 4.39 Å². The third-order valence-corrected chi connectivity index (χ3v) is 5.50. The lowest BCUT2D eigenvalue weighted by atomic mass is 10.1. The molecule has 4 rings (SSSR count). The second-order valence-corrected chi connectivity index (χ2v) is 7.78. The smallest absolute Gasteiger partial charge is 0.196 e. The van der Waals surface area contributed by atoms with Gasteiger partial charge in [-0.2, -0.15) is 0 Å². The van der Waals surface area contributed by atoms with Crippen molar-refractivity contribution in [3.63, 3.8) is 0 Å². The lowest BCUT2D eigenvalue weighted by Gasteiger charge is -2.13. The Morgan fingerprint density at radius 3 is 2.17 bits per heavy atom. The summed E-state index contributed by atoms with van der Waals surface area (Å²) in [4.78, 5) is 12.8. The highest BCUT2D eigenvalue weighted by molar-refractivity contribution is 8.00. The minimum atomic E-state index is -0.357. The molecule has 0 N–H and O–H groups in total. The van der Waals surface area contributed by atoms with Crippen LogP contribution in [0.3, 0.4) is 0 Å². The molecule has 0 fully saturated rings. The first-order valence-electron chi connectivity index (χ1n) is 9.16. The van der Waals surface area contributed by atoms with Crippen LogP contribution in [0.2, 0.25) is 0 Å². The van der Waals surface area contributed by atoms with Crippen LogP contribution in [0.25, 0.3) is 17.1 Å². The lowest BCUT2D eigenvalue weighted by Crippen LogP contribution is -2.14. The number of carbonyl (C=O) groups excluding carboxylic acids is 1. The first-order valence-corrected chi connectivity index (χ1v) is 10.0. The van der Waals surface area contributed by atoms with E-state index in [1.54, 1.807) is 24.3 Å². The molecule has 1 heterocycles. The van der Waals surface area contributed by atoms with Gasteiger partial charge in [-0.3, -0.25) is 9.36 Å². The topological polar surface area (TPSA) is 47.8 Å². The Labute approximate surface area is 172 Å². The van der Waals surface area contributed by atoms with Crippen LogP contribution >= 0.6 is 11.8 Å². The predicted octanol–water partition coefficient (Wildman–Crippen LogP) is 5.44. The van der Waals surface area contributed by atoms with Gasteiger partial charge in [0.25, 0.3) is 0 Å². The summed E-state index contributed by atoms with van der Waals surface area (Å²) in [6.45, 7) is 1.85. The average molecular weight is 403 g/mol. The number of rotatable bonds is 6. The Balaban J connectivity index is 1.72. The quantitative estimate of drug-likeness (QED) is 0.318. The summed E-state index contributed by atoms with van der Waals surface area (Å²) in [5, 5.41) is 8.91. The normalized spacial score (nSPS) is 11.9. The van der Waals surface area contributed by atoms with Crippen molar-refractivity contribution in [1.29, 1.82) is 0 Å². The molecule has 0 aliphatic rings. The van der Waals surface area contributed by atoms with Crippen LogP contribution in [0, 0.1) is 5.82 Å². The van der Waals surface area contributed by atoms with Gasteiger partial charge >= 0.3 is 0 Å². The van der Waals surface area contributed by atoms with Crippen LogP contribution in [0.5, 0.6) is 0 Å². The summed E-state index contributed by atoms with van der Waals surface area (Å²) in [7, 11) is 0. The van der Waals surface area contributed by atoms with Crippen molar-refractivity contribution in [2.24, 2.45) is 0 Å². The van der Waals surface area contributed by atoms with Crippen molar-refractivity contribution in [2.45, 2.75) is 17.3 Å². The minimum absolute atomic E-state index is 0.0190. The van der Waals surface area contributed by atoms with Gasteiger partial charge in [-0.15, -0.1) is 10.2 Å². The molecular formula is C23H18FN3OS. The Morgan fingerprint density at radius 1 is 0.897 bits per heavy atom. The standard InChI is InChI=1S/C23H18FN3OS/c1-16(21(28)17-8-4-2-5-9-17)29-23-26-25-22(18-10-6-3-7-11-18)27(23)20-14-12-19(24)13-15-20/h2-16H,1H3. The maximum absolute atomic E-state index is 13.5. The number of ketones is 1. The number of Topliss-reactive ketones (excluding diaryl/α,β-unsaturated/α-hetero) is 1. The molecule has 4 nitrogen and oxygen atoms in total. The van der Waals surface area contributed by atoms with Gasteiger partial charge in [0.1, 0.15) is 5.82 Å². The number of carbonyl (C=O) groups is 1. The first-order chi connectivity index (χ1) is 14.1. The van der Waals surface area contributed by atoms with E-state index in [0.29, 0.717) is 16.5 Å². The number of benzene rings is 3. The number of aromatic nitrogens is 3. The van der Waals surface area contributed by atoms with Crippen LogP contribution in [-0.2, 0) is 0 Å². The number of halogens is 1. The molecule has 0 bridgehead atoms. The number of nitrogens with zero attached hydrogens (tertiary/aromatic N) is 3. The molecule has 0 radical (unpaired) electrons. The molecule has 6 heteroatoms.